The maximum Gasteiger partial charge on any atom is 0.405 e. The molecule has 1 saturated carbocycles. The largest absolute Gasteiger partial charge is 0.465 e. The Kier molecular flexibility index (Phi) is 6.09. The Morgan fingerprint density at radius 2 is 1.94 bits per heavy atom. The van der Waals surface area contributed by atoms with E-state index in [0.717, 1.165) is 18.5 Å². The molecule has 3 aliphatic rings. The molecule has 0 aromatic carbocycles. The fourth-order valence-corrected chi connectivity index (χ4v) is 6.05. The van der Waals surface area contributed by atoms with Crippen molar-refractivity contribution in [2.45, 2.75) is 78.0 Å². The summed E-state index contributed by atoms with van der Waals surface area (Å²) >= 11 is 0. The van der Waals surface area contributed by atoms with Crippen LogP contribution < -0.4 is 16.4 Å². The number of primary amides is 1. The Bertz CT molecular complexity index is 1040. The average Bonchev–Trinajstić information content (AvgIpc) is 3.24. The first-order valence-corrected chi connectivity index (χ1v) is 12.2. The molecular weight excluding hydrogens is 452 g/mol. The number of aromatic nitrogens is 2. The molecule has 35 heavy (non-hydrogen) atoms. The number of aryl methyl sites for hydroxylation is 1. The Hall–Kier alpha value is -3.11. The smallest absolute Gasteiger partial charge is 0.405 e. The van der Waals surface area contributed by atoms with E-state index in [2.05, 4.69) is 29.6 Å². The lowest BCUT2D eigenvalue weighted by Crippen LogP contribution is -2.60. The van der Waals surface area contributed by atoms with Crippen LogP contribution in [0.5, 0.6) is 0 Å². The molecule has 1 aliphatic carbocycles. The predicted molar refractivity (Wildman–Crippen MR) is 126 cm³/mol. The van der Waals surface area contributed by atoms with E-state index in [1.54, 1.807) is 27.0 Å². The third kappa shape index (κ3) is 4.48. The number of nitrogens with zero attached hydrogens (tertiary/aromatic N) is 3. The minimum Gasteiger partial charge on any atom is -0.465 e. The highest BCUT2D eigenvalue weighted by molar-refractivity contribution is 5.95. The van der Waals surface area contributed by atoms with E-state index < -0.39 is 47.4 Å². The average molecular weight is 489 g/mol. The molecule has 2 aliphatic heterocycles. The molecule has 11 heteroatoms. The molecule has 1 aromatic rings. The Labute approximate surface area is 204 Å². The van der Waals surface area contributed by atoms with Crippen molar-refractivity contribution in [3.8, 4) is 0 Å². The lowest BCUT2D eigenvalue weighted by atomic mass is 9.85. The number of nitrogens with two attached hydrogens (primary N) is 1. The van der Waals surface area contributed by atoms with Crippen LogP contribution in [0.2, 0.25) is 0 Å². The van der Waals surface area contributed by atoms with Crippen LogP contribution in [0.1, 0.15) is 59.2 Å². The Balaban J connectivity index is 1.54. The number of nitrogens with one attached hydrogen (secondary N) is 2. The monoisotopic (exact) mass is 488 g/mol. The zero-order chi connectivity index (χ0) is 25.9. The lowest BCUT2D eigenvalue weighted by molar-refractivity contribution is -0.144. The number of piperidine rings is 1. The van der Waals surface area contributed by atoms with E-state index in [-0.39, 0.29) is 23.3 Å². The van der Waals surface area contributed by atoms with E-state index in [1.807, 2.05) is 10.7 Å². The zero-order valence-electron chi connectivity index (χ0n) is 20.9. The van der Waals surface area contributed by atoms with Gasteiger partial charge in [0.15, 0.2) is 0 Å². The number of hydrogen-bond acceptors (Lipinski definition) is 5. The summed E-state index contributed by atoms with van der Waals surface area (Å²) in [6.07, 6.45) is 2.39. The summed E-state index contributed by atoms with van der Waals surface area (Å²) in [5.74, 6) is -1.45. The van der Waals surface area contributed by atoms with Gasteiger partial charge in [0.2, 0.25) is 17.7 Å². The molecule has 0 radical (unpaired) electrons. The van der Waals surface area contributed by atoms with Gasteiger partial charge in [-0.3, -0.25) is 19.1 Å². The second-order valence-electron chi connectivity index (χ2n) is 11.8. The summed E-state index contributed by atoms with van der Waals surface area (Å²) in [5, 5.41) is 18.8. The number of carbonyl (C=O) groups is 4. The van der Waals surface area contributed by atoms with Crippen LogP contribution in [0.4, 0.5) is 4.79 Å². The van der Waals surface area contributed by atoms with Crippen LogP contribution in [0.3, 0.4) is 0 Å². The topological polar surface area (TPSA) is 160 Å². The van der Waals surface area contributed by atoms with Crippen molar-refractivity contribution in [3.05, 3.63) is 18.0 Å². The highest BCUT2D eigenvalue weighted by Crippen LogP contribution is 2.65. The predicted octanol–water partition coefficient (Wildman–Crippen LogP) is 0.896. The van der Waals surface area contributed by atoms with Gasteiger partial charge in [-0.25, -0.2) is 4.79 Å². The number of amides is 4. The molecule has 6 atom stereocenters. The molecule has 1 saturated heterocycles. The normalized spacial score (nSPS) is 28.0. The first kappa shape index (κ1) is 25.0. The third-order valence-electron chi connectivity index (χ3n) is 8.14. The maximum absolute atomic E-state index is 13.6. The van der Waals surface area contributed by atoms with Crippen molar-refractivity contribution in [3.63, 3.8) is 0 Å². The van der Waals surface area contributed by atoms with Gasteiger partial charge in [0.25, 0.3) is 0 Å². The van der Waals surface area contributed by atoms with Gasteiger partial charge in [0.05, 0.1) is 6.04 Å². The molecule has 4 amide bonds. The first-order valence-electron chi connectivity index (χ1n) is 12.2. The number of fused-ring (bicyclic) bond motifs is 2. The molecular formula is C24H36N6O5. The molecule has 3 heterocycles. The number of rotatable bonds is 7. The molecule has 5 N–H and O–H groups in total. The summed E-state index contributed by atoms with van der Waals surface area (Å²) in [7, 11) is 0. The maximum atomic E-state index is 13.6. The molecule has 192 valence electrons. The van der Waals surface area contributed by atoms with Crippen molar-refractivity contribution >= 4 is 23.8 Å². The number of hydrogen-bond donors (Lipinski definition) is 4. The molecule has 2 unspecified atom stereocenters. The van der Waals surface area contributed by atoms with E-state index in [4.69, 9.17) is 5.73 Å². The Morgan fingerprint density at radius 3 is 2.54 bits per heavy atom. The van der Waals surface area contributed by atoms with Crippen molar-refractivity contribution in [1.82, 2.24) is 25.3 Å². The fourth-order valence-electron chi connectivity index (χ4n) is 6.05. The van der Waals surface area contributed by atoms with Crippen molar-refractivity contribution < 1.29 is 24.3 Å². The van der Waals surface area contributed by atoms with Gasteiger partial charge in [-0.05, 0) is 48.0 Å². The van der Waals surface area contributed by atoms with Crippen LogP contribution in [0, 0.1) is 22.7 Å². The highest BCUT2D eigenvalue weighted by atomic mass is 16.4. The standard InChI is InChI=1S/C24H36N6O5/c1-23(2,3)18(28-22(34)35)21(33)29-11-14-16(24(14,4)5)17(29)20(32)27-15(19(25)31)10-13-7-6-12-8-9-26-30(12)13/h8-9,13-18,28H,6-7,10-11H2,1-5H3,(H2,25,31)(H,27,32)(H,34,35)/t13?,14-,15?,16-,17-,18+/m0/s1. The second-order valence-corrected chi connectivity index (χ2v) is 11.8. The van der Waals surface area contributed by atoms with Gasteiger partial charge in [-0.15, -0.1) is 0 Å². The van der Waals surface area contributed by atoms with Crippen molar-refractivity contribution in [2.75, 3.05) is 6.54 Å². The van der Waals surface area contributed by atoms with E-state index in [0.29, 0.717) is 13.0 Å². The SMILES string of the molecule is CC(C)(C)[C@H](NC(=O)O)C(=O)N1C[C@H]2[C@@H]([C@H]1C(=O)NC(CC1CCc3ccnn31)C(N)=O)C2(C)C. The summed E-state index contributed by atoms with van der Waals surface area (Å²) in [4.78, 5) is 52.3. The third-order valence-corrected chi connectivity index (χ3v) is 8.14. The Morgan fingerprint density at radius 1 is 1.26 bits per heavy atom. The first-order chi connectivity index (χ1) is 16.2. The molecule has 0 spiro atoms. The zero-order valence-corrected chi connectivity index (χ0v) is 20.9. The fraction of sp³-hybridized carbons (Fsp3) is 0.708. The number of carboxylic acid groups (broad SMARTS) is 1. The molecule has 2 fully saturated rings. The number of likely N-dealkylation sites (tertiary alicyclic amines) is 1. The summed E-state index contributed by atoms with van der Waals surface area (Å²) < 4.78 is 1.87. The van der Waals surface area contributed by atoms with Gasteiger partial charge in [-0.1, -0.05) is 34.6 Å². The van der Waals surface area contributed by atoms with Crippen LogP contribution in [0.25, 0.3) is 0 Å². The van der Waals surface area contributed by atoms with Gasteiger partial charge >= 0.3 is 6.09 Å². The molecule has 11 nitrogen and oxygen atoms in total. The lowest BCUT2D eigenvalue weighted by Gasteiger charge is -2.37. The van der Waals surface area contributed by atoms with Crippen LogP contribution in [0.15, 0.2) is 12.3 Å². The second kappa shape index (κ2) is 8.53. The van der Waals surface area contributed by atoms with Crippen molar-refractivity contribution in [1.29, 1.82) is 0 Å². The highest BCUT2D eigenvalue weighted by Gasteiger charge is 2.69. The van der Waals surface area contributed by atoms with Crippen LogP contribution >= 0.6 is 0 Å². The minimum absolute atomic E-state index is 0.0470. The van der Waals surface area contributed by atoms with Gasteiger partial charge in [0, 0.05) is 18.4 Å². The van der Waals surface area contributed by atoms with Gasteiger partial charge < -0.3 is 26.4 Å². The van der Waals surface area contributed by atoms with Gasteiger partial charge in [-0.2, -0.15) is 5.10 Å². The number of carbonyl (C=O) groups excluding carboxylic acids is 3. The van der Waals surface area contributed by atoms with Crippen LogP contribution in [-0.4, -0.2) is 68.3 Å². The van der Waals surface area contributed by atoms with E-state index in [9.17, 15) is 24.3 Å². The van der Waals surface area contributed by atoms with Gasteiger partial charge in [0.1, 0.15) is 18.1 Å². The molecule has 4 rings (SSSR count). The summed E-state index contributed by atoms with van der Waals surface area (Å²) in [6.45, 7) is 9.80. The molecule has 1 aromatic heterocycles. The quantitative estimate of drug-likeness (QED) is 0.446. The minimum atomic E-state index is -1.30. The summed E-state index contributed by atoms with van der Waals surface area (Å²) in [6, 6.07) is -0.829. The van der Waals surface area contributed by atoms with Crippen molar-refractivity contribution in [2.24, 2.45) is 28.4 Å². The van der Waals surface area contributed by atoms with E-state index >= 15 is 0 Å². The van der Waals surface area contributed by atoms with Crippen LogP contribution in [-0.2, 0) is 20.8 Å². The molecule has 0 bridgehead atoms. The summed E-state index contributed by atoms with van der Waals surface area (Å²) in [5.41, 5.74) is 5.93. The van der Waals surface area contributed by atoms with E-state index in [1.165, 1.54) is 4.90 Å².